The van der Waals surface area contributed by atoms with Gasteiger partial charge in [0.15, 0.2) is 0 Å². The van der Waals surface area contributed by atoms with Crippen LogP contribution in [0.15, 0.2) is 28.7 Å². The van der Waals surface area contributed by atoms with Crippen molar-refractivity contribution in [3.63, 3.8) is 0 Å². The normalized spacial score (nSPS) is 24.2. The lowest BCUT2D eigenvalue weighted by atomic mass is 10.0. The van der Waals surface area contributed by atoms with Crippen LogP contribution in [0.1, 0.15) is 18.5 Å². The highest BCUT2D eigenvalue weighted by atomic mass is 79.9. The number of carbonyl (C=O) groups excluding carboxylic acids is 1. The molecule has 1 amide bonds. The van der Waals surface area contributed by atoms with E-state index in [1.54, 1.807) is 0 Å². The van der Waals surface area contributed by atoms with E-state index in [0.29, 0.717) is 13.2 Å². The number of hydrogen-bond acceptors (Lipinski definition) is 3. The summed E-state index contributed by atoms with van der Waals surface area (Å²) in [4.78, 5) is 12.2. The molecular formula is C14H19BrN2O2. The summed E-state index contributed by atoms with van der Waals surface area (Å²) < 4.78 is 6.37. The summed E-state index contributed by atoms with van der Waals surface area (Å²) >= 11 is 3.44. The Bertz CT molecular complexity index is 453. The van der Waals surface area contributed by atoms with Crippen LogP contribution in [-0.4, -0.2) is 32.2 Å². The van der Waals surface area contributed by atoms with Gasteiger partial charge in [0.25, 0.3) is 0 Å². The fraction of sp³-hybridized carbons (Fsp3) is 0.500. The first-order valence-electron chi connectivity index (χ1n) is 6.42. The molecule has 1 fully saturated rings. The number of ether oxygens (including phenoxy) is 1. The minimum absolute atomic E-state index is 0.0110. The van der Waals surface area contributed by atoms with Gasteiger partial charge >= 0.3 is 0 Å². The first kappa shape index (κ1) is 14.5. The largest absolute Gasteiger partial charge is 0.379 e. The first-order chi connectivity index (χ1) is 9.11. The van der Waals surface area contributed by atoms with Crippen molar-refractivity contribution in [2.45, 2.75) is 19.0 Å². The number of likely N-dealkylation sites (N-methyl/N-ethyl adjacent to an activating group) is 1. The molecule has 0 aliphatic carbocycles. The van der Waals surface area contributed by atoms with Crippen molar-refractivity contribution in [1.29, 1.82) is 0 Å². The Balaban J connectivity index is 1.98. The second-order valence-corrected chi connectivity index (χ2v) is 5.74. The maximum absolute atomic E-state index is 12.2. The molecule has 1 heterocycles. The van der Waals surface area contributed by atoms with E-state index in [4.69, 9.17) is 4.74 Å². The summed E-state index contributed by atoms with van der Waals surface area (Å²) in [6.45, 7) is 3.08. The standard InChI is InChI=1S/C14H19BrN2O2/c1-9(10-4-3-5-11(15)6-10)17-14(18)12-7-19-8-13(12)16-2/h3-6,9,12-13,16H,7-8H2,1-2H3,(H,17,18)/t9-,12?,13?/m0/s1. The van der Waals surface area contributed by atoms with Gasteiger partial charge in [0.2, 0.25) is 5.91 Å². The van der Waals surface area contributed by atoms with Gasteiger partial charge in [0, 0.05) is 10.5 Å². The Morgan fingerprint density at radius 3 is 2.95 bits per heavy atom. The van der Waals surface area contributed by atoms with Crippen LogP contribution in [0.3, 0.4) is 0 Å². The second kappa shape index (κ2) is 6.50. The van der Waals surface area contributed by atoms with E-state index in [1.807, 2.05) is 38.2 Å². The van der Waals surface area contributed by atoms with E-state index >= 15 is 0 Å². The zero-order chi connectivity index (χ0) is 13.8. The van der Waals surface area contributed by atoms with Crippen molar-refractivity contribution < 1.29 is 9.53 Å². The molecule has 0 radical (unpaired) electrons. The molecule has 0 saturated carbocycles. The molecule has 0 spiro atoms. The molecule has 1 saturated heterocycles. The maximum Gasteiger partial charge on any atom is 0.227 e. The van der Waals surface area contributed by atoms with E-state index in [1.165, 1.54) is 0 Å². The Kier molecular flexibility index (Phi) is 4.96. The number of carbonyl (C=O) groups is 1. The van der Waals surface area contributed by atoms with E-state index in [0.717, 1.165) is 10.0 Å². The van der Waals surface area contributed by atoms with Gasteiger partial charge in [-0.05, 0) is 31.7 Å². The number of benzene rings is 1. The zero-order valence-electron chi connectivity index (χ0n) is 11.2. The third-order valence-electron chi connectivity index (χ3n) is 3.50. The maximum atomic E-state index is 12.2. The van der Waals surface area contributed by atoms with Crippen LogP contribution in [-0.2, 0) is 9.53 Å². The smallest absolute Gasteiger partial charge is 0.227 e. The Hall–Kier alpha value is -0.910. The summed E-state index contributed by atoms with van der Waals surface area (Å²) in [5.74, 6) is -0.0658. The lowest BCUT2D eigenvalue weighted by molar-refractivity contribution is -0.126. The van der Waals surface area contributed by atoms with Crippen molar-refractivity contribution >= 4 is 21.8 Å². The molecule has 1 aliphatic heterocycles. The average Bonchev–Trinajstić information content (AvgIpc) is 2.87. The van der Waals surface area contributed by atoms with Crippen LogP contribution < -0.4 is 10.6 Å². The highest BCUT2D eigenvalue weighted by molar-refractivity contribution is 9.10. The minimum Gasteiger partial charge on any atom is -0.379 e. The SMILES string of the molecule is CNC1COCC1C(=O)N[C@@H](C)c1cccc(Br)c1. The van der Waals surface area contributed by atoms with E-state index < -0.39 is 0 Å². The van der Waals surface area contributed by atoms with Crippen molar-refractivity contribution in [1.82, 2.24) is 10.6 Å². The second-order valence-electron chi connectivity index (χ2n) is 4.82. The highest BCUT2D eigenvalue weighted by Gasteiger charge is 2.33. The van der Waals surface area contributed by atoms with Crippen LogP contribution in [0.2, 0.25) is 0 Å². The molecule has 0 bridgehead atoms. The van der Waals surface area contributed by atoms with Gasteiger partial charge in [-0.1, -0.05) is 28.1 Å². The number of rotatable bonds is 4. The summed E-state index contributed by atoms with van der Waals surface area (Å²) in [5.41, 5.74) is 1.09. The first-order valence-corrected chi connectivity index (χ1v) is 7.22. The molecule has 5 heteroatoms. The highest BCUT2D eigenvalue weighted by Crippen LogP contribution is 2.20. The average molecular weight is 327 g/mol. The van der Waals surface area contributed by atoms with Gasteiger partial charge in [-0.25, -0.2) is 0 Å². The van der Waals surface area contributed by atoms with Crippen molar-refractivity contribution in [2.75, 3.05) is 20.3 Å². The third kappa shape index (κ3) is 3.55. The molecule has 1 aromatic rings. The topological polar surface area (TPSA) is 50.4 Å². The predicted molar refractivity (Wildman–Crippen MR) is 77.9 cm³/mol. The molecule has 2 unspecified atom stereocenters. The molecule has 2 N–H and O–H groups in total. The van der Waals surface area contributed by atoms with Crippen LogP contribution in [0.25, 0.3) is 0 Å². The number of nitrogens with one attached hydrogen (secondary N) is 2. The van der Waals surface area contributed by atoms with Gasteiger partial charge in [-0.2, -0.15) is 0 Å². The molecule has 0 aromatic heterocycles. The lowest BCUT2D eigenvalue weighted by Crippen LogP contribution is -2.43. The monoisotopic (exact) mass is 326 g/mol. The molecule has 1 aromatic carbocycles. The van der Waals surface area contributed by atoms with Gasteiger partial charge < -0.3 is 15.4 Å². The van der Waals surface area contributed by atoms with E-state index in [2.05, 4.69) is 26.6 Å². The molecular weight excluding hydrogens is 308 g/mol. The molecule has 104 valence electrons. The molecule has 4 nitrogen and oxygen atoms in total. The quantitative estimate of drug-likeness (QED) is 0.888. The molecule has 19 heavy (non-hydrogen) atoms. The van der Waals surface area contributed by atoms with Gasteiger partial charge in [0.1, 0.15) is 0 Å². The number of amides is 1. The summed E-state index contributed by atoms with van der Waals surface area (Å²) in [6.07, 6.45) is 0. The number of halogens is 1. The van der Waals surface area contributed by atoms with E-state index in [-0.39, 0.29) is 23.9 Å². The van der Waals surface area contributed by atoms with Crippen molar-refractivity contribution in [3.05, 3.63) is 34.3 Å². The van der Waals surface area contributed by atoms with Crippen molar-refractivity contribution in [3.8, 4) is 0 Å². The summed E-state index contributed by atoms with van der Waals surface area (Å²) in [6, 6.07) is 8.07. The van der Waals surface area contributed by atoms with Crippen LogP contribution in [0.5, 0.6) is 0 Å². The molecule has 2 rings (SSSR count). The van der Waals surface area contributed by atoms with Gasteiger partial charge in [0.05, 0.1) is 25.2 Å². The fourth-order valence-electron chi connectivity index (χ4n) is 2.28. The van der Waals surface area contributed by atoms with Crippen molar-refractivity contribution in [2.24, 2.45) is 5.92 Å². The third-order valence-corrected chi connectivity index (χ3v) is 3.99. The molecule has 3 atom stereocenters. The zero-order valence-corrected chi connectivity index (χ0v) is 12.7. The summed E-state index contributed by atoms with van der Waals surface area (Å²) in [7, 11) is 1.86. The van der Waals surface area contributed by atoms with Gasteiger partial charge in [-0.3, -0.25) is 4.79 Å². The number of hydrogen-bond donors (Lipinski definition) is 2. The fourth-order valence-corrected chi connectivity index (χ4v) is 2.69. The Morgan fingerprint density at radius 2 is 2.26 bits per heavy atom. The van der Waals surface area contributed by atoms with Crippen LogP contribution in [0.4, 0.5) is 0 Å². The summed E-state index contributed by atoms with van der Waals surface area (Å²) in [5, 5.41) is 6.17. The van der Waals surface area contributed by atoms with Crippen LogP contribution >= 0.6 is 15.9 Å². The molecule has 1 aliphatic rings. The predicted octanol–water partition coefficient (Wildman–Crippen LogP) is 1.86. The van der Waals surface area contributed by atoms with Gasteiger partial charge in [-0.15, -0.1) is 0 Å². The lowest BCUT2D eigenvalue weighted by Gasteiger charge is -2.20. The Morgan fingerprint density at radius 1 is 1.47 bits per heavy atom. The Labute approximate surface area is 122 Å². The minimum atomic E-state index is -0.111. The van der Waals surface area contributed by atoms with E-state index in [9.17, 15) is 4.79 Å². The van der Waals surface area contributed by atoms with Crippen LogP contribution in [0, 0.1) is 5.92 Å².